The second-order valence-corrected chi connectivity index (χ2v) is 7.87. The van der Waals surface area contributed by atoms with Gasteiger partial charge in [0.2, 0.25) is 0 Å². The molecule has 1 aliphatic rings. The normalized spacial score (nSPS) is 20.9. The van der Waals surface area contributed by atoms with Crippen LogP contribution in [0.3, 0.4) is 0 Å². The van der Waals surface area contributed by atoms with Gasteiger partial charge >= 0.3 is 11.9 Å². The van der Waals surface area contributed by atoms with E-state index < -0.39 is 35.2 Å². The minimum Gasteiger partial charge on any atom is -0.481 e. The zero-order chi connectivity index (χ0) is 19.8. The van der Waals surface area contributed by atoms with Gasteiger partial charge in [-0.1, -0.05) is 47.5 Å². The Labute approximate surface area is 166 Å². The Morgan fingerprint density at radius 1 is 1.07 bits per heavy atom. The SMILES string of the molecule is NC(CC(c1cccc(Cl)c1)c1cccc(Cl)c1)(C(=O)O)C1CC1C(=O)O. The Kier molecular flexibility index (Phi) is 5.47. The van der Waals surface area contributed by atoms with Gasteiger partial charge in [0.1, 0.15) is 5.54 Å². The molecule has 2 aromatic carbocycles. The summed E-state index contributed by atoms with van der Waals surface area (Å²) < 4.78 is 0. The Bertz CT molecular complexity index is 842. The average Bonchev–Trinajstić information content (AvgIpc) is 3.41. The van der Waals surface area contributed by atoms with Crippen molar-refractivity contribution in [2.75, 3.05) is 0 Å². The third kappa shape index (κ3) is 4.10. The summed E-state index contributed by atoms with van der Waals surface area (Å²) in [6.07, 6.45) is 0.299. The van der Waals surface area contributed by atoms with Crippen LogP contribution in [0, 0.1) is 11.8 Å². The van der Waals surface area contributed by atoms with Gasteiger partial charge in [-0.25, -0.2) is 0 Å². The van der Waals surface area contributed by atoms with Crippen molar-refractivity contribution in [3.05, 3.63) is 69.7 Å². The van der Waals surface area contributed by atoms with Crippen LogP contribution in [-0.2, 0) is 9.59 Å². The van der Waals surface area contributed by atoms with Crippen molar-refractivity contribution < 1.29 is 19.8 Å². The molecule has 0 saturated heterocycles. The summed E-state index contributed by atoms with van der Waals surface area (Å²) >= 11 is 12.3. The van der Waals surface area contributed by atoms with Crippen LogP contribution in [0.15, 0.2) is 48.5 Å². The predicted molar refractivity (Wildman–Crippen MR) is 103 cm³/mol. The summed E-state index contributed by atoms with van der Waals surface area (Å²) in [7, 11) is 0. The maximum Gasteiger partial charge on any atom is 0.324 e. The van der Waals surface area contributed by atoms with Crippen LogP contribution in [0.4, 0.5) is 0 Å². The first-order valence-electron chi connectivity index (χ1n) is 8.48. The molecule has 1 fully saturated rings. The van der Waals surface area contributed by atoms with E-state index in [0.29, 0.717) is 10.0 Å². The van der Waals surface area contributed by atoms with Crippen molar-refractivity contribution >= 4 is 35.1 Å². The molecule has 0 spiro atoms. The Morgan fingerprint density at radius 2 is 1.59 bits per heavy atom. The number of hydrogen-bond donors (Lipinski definition) is 3. The highest BCUT2D eigenvalue weighted by Crippen LogP contribution is 2.50. The van der Waals surface area contributed by atoms with Gasteiger partial charge < -0.3 is 15.9 Å². The highest BCUT2D eigenvalue weighted by atomic mass is 35.5. The monoisotopic (exact) mass is 407 g/mol. The zero-order valence-electron chi connectivity index (χ0n) is 14.3. The van der Waals surface area contributed by atoms with Crippen molar-refractivity contribution in [2.45, 2.75) is 24.3 Å². The van der Waals surface area contributed by atoms with Crippen molar-refractivity contribution in [2.24, 2.45) is 17.6 Å². The van der Waals surface area contributed by atoms with Gasteiger partial charge in [0.25, 0.3) is 0 Å². The van der Waals surface area contributed by atoms with Gasteiger partial charge in [-0.3, -0.25) is 9.59 Å². The van der Waals surface area contributed by atoms with Gasteiger partial charge in [-0.2, -0.15) is 0 Å². The number of aliphatic carboxylic acids is 2. The van der Waals surface area contributed by atoms with E-state index in [1.165, 1.54) is 0 Å². The fraction of sp³-hybridized carbons (Fsp3) is 0.300. The van der Waals surface area contributed by atoms with Crippen molar-refractivity contribution in [3.63, 3.8) is 0 Å². The molecule has 0 amide bonds. The summed E-state index contributed by atoms with van der Waals surface area (Å²) in [6, 6.07) is 14.2. The lowest BCUT2D eigenvalue weighted by molar-refractivity contribution is -0.145. The standard InChI is InChI=1S/C20H19Cl2NO4/c21-13-5-1-3-11(7-13)16(12-4-2-6-14(22)8-12)10-20(23,19(26)27)17-9-15(17)18(24)25/h1-8,15-17H,9-10,23H2,(H,24,25)(H,26,27). The van der Waals surface area contributed by atoms with Crippen LogP contribution in [-0.4, -0.2) is 27.7 Å². The zero-order valence-corrected chi connectivity index (χ0v) is 15.8. The van der Waals surface area contributed by atoms with Gasteiger partial charge in [-0.15, -0.1) is 0 Å². The van der Waals surface area contributed by atoms with Gasteiger partial charge in [0.15, 0.2) is 0 Å². The molecule has 5 nitrogen and oxygen atoms in total. The maximum atomic E-state index is 12.0. The first-order chi connectivity index (χ1) is 12.7. The van der Waals surface area contributed by atoms with E-state index in [9.17, 15) is 19.8 Å². The van der Waals surface area contributed by atoms with Crippen LogP contribution in [0.5, 0.6) is 0 Å². The number of carboxylic acids is 2. The number of carbonyl (C=O) groups is 2. The molecule has 0 heterocycles. The fourth-order valence-electron chi connectivity index (χ4n) is 3.65. The molecule has 0 aromatic heterocycles. The molecule has 0 bridgehead atoms. The van der Waals surface area contributed by atoms with Gasteiger partial charge in [0, 0.05) is 21.9 Å². The summed E-state index contributed by atoms with van der Waals surface area (Å²) in [5, 5.41) is 20.1. The number of nitrogens with two attached hydrogens (primary N) is 1. The lowest BCUT2D eigenvalue weighted by atomic mass is 9.77. The molecule has 7 heteroatoms. The van der Waals surface area contributed by atoms with Crippen LogP contribution in [0.2, 0.25) is 10.0 Å². The molecule has 3 atom stereocenters. The molecular formula is C20H19Cl2NO4. The van der Waals surface area contributed by atoms with Crippen molar-refractivity contribution in [3.8, 4) is 0 Å². The van der Waals surface area contributed by atoms with E-state index in [0.717, 1.165) is 11.1 Å². The van der Waals surface area contributed by atoms with Crippen LogP contribution < -0.4 is 5.73 Å². The first kappa shape index (κ1) is 19.7. The Morgan fingerprint density at radius 3 is 1.96 bits per heavy atom. The van der Waals surface area contributed by atoms with Crippen molar-refractivity contribution in [1.82, 2.24) is 0 Å². The lowest BCUT2D eigenvalue weighted by Gasteiger charge is -2.30. The fourth-order valence-corrected chi connectivity index (χ4v) is 4.04. The van der Waals surface area contributed by atoms with E-state index in [-0.39, 0.29) is 12.8 Å². The van der Waals surface area contributed by atoms with Gasteiger partial charge in [-0.05, 0) is 48.2 Å². The highest BCUT2D eigenvalue weighted by Gasteiger charge is 2.59. The average molecular weight is 408 g/mol. The Hall–Kier alpha value is -2.08. The molecule has 2 aromatic rings. The second-order valence-electron chi connectivity index (χ2n) is 7.00. The van der Waals surface area contributed by atoms with Gasteiger partial charge in [0.05, 0.1) is 5.92 Å². The molecule has 3 rings (SSSR count). The van der Waals surface area contributed by atoms with Crippen LogP contribution >= 0.6 is 23.2 Å². The highest BCUT2D eigenvalue weighted by molar-refractivity contribution is 6.31. The van der Waals surface area contributed by atoms with E-state index >= 15 is 0 Å². The topological polar surface area (TPSA) is 101 Å². The Balaban J connectivity index is 2.02. The molecule has 142 valence electrons. The summed E-state index contributed by atoms with van der Waals surface area (Å²) in [4.78, 5) is 23.3. The molecule has 4 N–H and O–H groups in total. The van der Waals surface area contributed by atoms with E-state index in [4.69, 9.17) is 28.9 Å². The quantitative estimate of drug-likeness (QED) is 0.643. The van der Waals surface area contributed by atoms with Crippen LogP contribution in [0.1, 0.15) is 29.9 Å². The largest absolute Gasteiger partial charge is 0.481 e. The summed E-state index contributed by atoms with van der Waals surface area (Å²) in [5.41, 5.74) is 6.23. The predicted octanol–water partition coefficient (Wildman–Crippen LogP) is 4.02. The minimum atomic E-state index is -1.67. The summed E-state index contributed by atoms with van der Waals surface area (Å²) in [5.74, 6) is -3.96. The summed E-state index contributed by atoms with van der Waals surface area (Å²) in [6.45, 7) is 0. The number of hydrogen-bond acceptors (Lipinski definition) is 3. The minimum absolute atomic E-state index is 0.0392. The second kappa shape index (κ2) is 7.50. The molecule has 1 saturated carbocycles. The third-order valence-corrected chi connectivity index (χ3v) is 5.68. The molecular weight excluding hydrogens is 389 g/mol. The van der Waals surface area contributed by atoms with E-state index in [1.54, 1.807) is 36.4 Å². The smallest absolute Gasteiger partial charge is 0.324 e. The van der Waals surface area contributed by atoms with Crippen LogP contribution in [0.25, 0.3) is 0 Å². The van der Waals surface area contributed by atoms with Crippen molar-refractivity contribution in [1.29, 1.82) is 0 Å². The molecule has 0 aliphatic heterocycles. The maximum absolute atomic E-state index is 12.0. The molecule has 27 heavy (non-hydrogen) atoms. The molecule has 1 aliphatic carbocycles. The van der Waals surface area contributed by atoms with E-state index in [1.807, 2.05) is 12.1 Å². The lowest BCUT2D eigenvalue weighted by Crippen LogP contribution is -2.52. The number of halogens is 2. The number of benzene rings is 2. The third-order valence-electron chi connectivity index (χ3n) is 5.21. The molecule has 3 unspecified atom stereocenters. The first-order valence-corrected chi connectivity index (χ1v) is 9.24. The number of carboxylic acid groups (broad SMARTS) is 2. The van der Waals surface area contributed by atoms with E-state index in [2.05, 4.69) is 0 Å². The number of rotatable bonds is 7. The molecule has 0 radical (unpaired) electrons.